The Morgan fingerprint density at radius 2 is 1.42 bits per heavy atom. The molecular formula is C17H35N5O4. The second-order valence-corrected chi connectivity index (χ2v) is 6.81. The van der Waals surface area contributed by atoms with Crippen LogP contribution in [0.3, 0.4) is 0 Å². The molecule has 0 spiro atoms. The monoisotopic (exact) mass is 373 g/mol. The number of carboxylic acids is 1. The molecule has 0 radical (unpaired) electrons. The molecule has 9 nitrogen and oxygen atoms in total. The number of aliphatic carboxylic acids is 1. The zero-order valence-corrected chi connectivity index (χ0v) is 15.9. The zero-order chi connectivity index (χ0) is 20.1. The molecule has 9 heteroatoms. The lowest BCUT2D eigenvalue weighted by Gasteiger charge is -2.24. The number of carbonyl (C=O) groups is 3. The molecule has 0 aliphatic heterocycles. The number of hydrogen-bond acceptors (Lipinski definition) is 6. The van der Waals surface area contributed by atoms with Crippen LogP contribution in [0.15, 0.2) is 0 Å². The highest BCUT2D eigenvalue weighted by molar-refractivity contribution is 5.91. The minimum absolute atomic E-state index is 0.282. The summed E-state index contributed by atoms with van der Waals surface area (Å²) in [4.78, 5) is 36.0. The molecule has 152 valence electrons. The summed E-state index contributed by atoms with van der Waals surface area (Å²) in [5, 5.41) is 14.4. The first kappa shape index (κ1) is 24.3. The summed E-state index contributed by atoms with van der Waals surface area (Å²) in [6.07, 6.45) is 3.68. The van der Waals surface area contributed by atoms with Gasteiger partial charge in [-0.15, -0.1) is 0 Å². The topological polar surface area (TPSA) is 174 Å². The molecular weight excluding hydrogens is 338 g/mol. The number of nitrogens with two attached hydrogens (primary N) is 3. The Labute approximate surface area is 155 Å². The highest BCUT2D eigenvalue weighted by Crippen LogP contribution is 2.07. The van der Waals surface area contributed by atoms with Crippen molar-refractivity contribution in [3.63, 3.8) is 0 Å². The van der Waals surface area contributed by atoms with Gasteiger partial charge in [-0.25, -0.2) is 4.79 Å². The van der Waals surface area contributed by atoms with Gasteiger partial charge in [0.05, 0.1) is 6.04 Å². The molecule has 0 heterocycles. The van der Waals surface area contributed by atoms with Crippen molar-refractivity contribution < 1.29 is 19.5 Å². The van der Waals surface area contributed by atoms with Crippen LogP contribution < -0.4 is 27.8 Å². The average Bonchev–Trinajstić information content (AvgIpc) is 2.57. The predicted octanol–water partition coefficient (Wildman–Crippen LogP) is -0.718. The van der Waals surface area contributed by atoms with Crippen LogP contribution in [0.5, 0.6) is 0 Å². The van der Waals surface area contributed by atoms with Crippen LogP contribution in [0.2, 0.25) is 0 Å². The summed E-state index contributed by atoms with van der Waals surface area (Å²) < 4.78 is 0. The first-order valence-electron chi connectivity index (χ1n) is 9.23. The molecule has 0 aromatic rings. The third-order valence-electron chi connectivity index (χ3n) is 4.12. The average molecular weight is 373 g/mol. The van der Waals surface area contributed by atoms with Crippen molar-refractivity contribution in [1.82, 2.24) is 10.6 Å². The van der Waals surface area contributed by atoms with E-state index in [2.05, 4.69) is 10.6 Å². The van der Waals surface area contributed by atoms with E-state index < -0.39 is 35.9 Å². The number of rotatable bonds is 14. The lowest BCUT2D eigenvalue weighted by molar-refractivity contribution is -0.143. The van der Waals surface area contributed by atoms with E-state index in [1.54, 1.807) is 13.8 Å². The minimum atomic E-state index is -1.11. The van der Waals surface area contributed by atoms with Crippen molar-refractivity contribution in [1.29, 1.82) is 0 Å². The van der Waals surface area contributed by atoms with Crippen LogP contribution in [0.25, 0.3) is 0 Å². The van der Waals surface area contributed by atoms with Gasteiger partial charge in [-0.3, -0.25) is 9.59 Å². The highest BCUT2D eigenvalue weighted by atomic mass is 16.4. The van der Waals surface area contributed by atoms with Gasteiger partial charge >= 0.3 is 5.97 Å². The SMILES string of the molecule is CC(C)[C@H](NC(=O)[C@H](CCCCN)NC(=O)[C@@H](N)CCCCN)C(=O)O. The van der Waals surface area contributed by atoms with Gasteiger partial charge in [0.2, 0.25) is 11.8 Å². The van der Waals surface area contributed by atoms with E-state index >= 15 is 0 Å². The molecule has 0 saturated carbocycles. The molecule has 3 atom stereocenters. The second-order valence-electron chi connectivity index (χ2n) is 6.81. The summed E-state index contributed by atoms with van der Waals surface area (Å²) >= 11 is 0. The molecule has 0 bridgehead atoms. The van der Waals surface area contributed by atoms with Crippen molar-refractivity contribution >= 4 is 17.8 Å². The smallest absolute Gasteiger partial charge is 0.326 e. The maximum absolute atomic E-state index is 12.5. The van der Waals surface area contributed by atoms with Gasteiger partial charge in [-0.1, -0.05) is 20.3 Å². The quantitative estimate of drug-likeness (QED) is 0.218. The van der Waals surface area contributed by atoms with Crippen molar-refractivity contribution in [3.05, 3.63) is 0 Å². The number of nitrogens with one attached hydrogen (secondary N) is 2. The summed E-state index contributed by atoms with van der Waals surface area (Å²) in [6, 6.07) is -2.59. The van der Waals surface area contributed by atoms with E-state index in [0.717, 1.165) is 12.8 Å². The predicted molar refractivity (Wildman–Crippen MR) is 100 cm³/mol. The molecule has 0 aromatic heterocycles. The first-order chi connectivity index (χ1) is 12.2. The first-order valence-corrected chi connectivity index (χ1v) is 9.23. The van der Waals surface area contributed by atoms with E-state index in [9.17, 15) is 19.5 Å². The van der Waals surface area contributed by atoms with Crippen molar-refractivity contribution in [2.75, 3.05) is 13.1 Å². The fraction of sp³-hybridized carbons (Fsp3) is 0.824. The normalized spacial score (nSPS) is 14.5. The largest absolute Gasteiger partial charge is 0.480 e. The van der Waals surface area contributed by atoms with Gasteiger partial charge in [0.25, 0.3) is 0 Å². The molecule has 0 saturated heterocycles. The lowest BCUT2D eigenvalue weighted by Crippen LogP contribution is -2.55. The summed E-state index contributed by atoms with van der Waals surface area (Å²) in [5.41, 5.74) is 16.8. The van der Waals surface area contributed by atoms with Crippen LogP contribution in [0, 0.1) is 5.92 Å². The van der Waals surface area contributed by atoms with E-state index in [-0.39, 0.29) is 5.92 Å². The van der Waals surface area contributed by atoms with Crippen molar-refractivity contribution in [2.45, 2.75) is 70.5 Å². The number of hydrogen-bond donors (Lipinski definition) is 6. The van der Waals surface area contributed by atoms with Crippen LogP contribution in [-0.4, -0.2) is 54.1 Å². The Morgan fingerprint density at radius 1 is 0.885 bits per heavy atom. The second kappa shape index (κ2) is 13.5. The third-order valence-corrected chi connectivity index (χ3v) is 4.12. The Bertz CT molecular complexity index is 445. The van der Waals surface area contributed by atoms with E-state index in [0.29, 0.717) is 38.8 Å². The number of carboxylic acid groups (broad SMARTS) is 1. The van der Waals surface area contributed by atoms with E-state index in [1.165, 1.54) is 0 Å². The number of carbonyl (C=O) groups excluding carboxylic acids is 2. The van der Waals surface area contributed by atoms with Crippen LogP contribution in [-0.2, 0) is 14.4 Å². The maximum atomic E-state index is 12.5. The third kappa shape index (κ3) is 9.69. The fourth-order valence-corrected chi connectivity index (χ4v) is 2.45. The molecule has 0 fully saturated rings. The van der Waals surface area contributed by atoms with Gasteiger partial charge in [0.15, 0.2) is 0 Å². The van der Waals surface area contributed by atoms with Gasteiger partial charge in [-0.2, -0.15) is 0 Å². The van der Waals surface area contributed by atoms with Gasteiger partial charge < -0.3 is 32.9 Å². The summed E-state index contributed by atoms with van der Waals surface area (Å²) in [6.45, 7) is 4.41. The molecule has 26 heavy (non-hydrogen) atoms. The number of unbranched alkanes of at least 4 members (excludes halogenated alkanes) is 2. The zero-order valence-electron chi connectivity index (χ0n) is 15.9. The summed E-state index contributed by atoms with van der Waals surface area (Å²) in [5.74, 6) is -2.34. The Balaban J connectivity index is 4.88. The molecule has 0 aliphatic carbocycles. The fourth-order valence-electron chi connectivity index (χ4n) is 2.45. The minimum Gasteiger partial charge on any atom is -0.480 e. The molecule has 2 amide bonds. The Hall–Kier alpha value is -1.71. The number of amides is 2. The van der Waals surface area contributed by atoms with Crippen molar-refractivity contribution in [2.24, 2.45) is 23.1 Å². The van der Waals surface area contributed by atoms with E-state index in [4.69, 9.17) is 17.2 Å². The standard InChI is InChI=1S/C17H35N5O4/c1-11(2)14(17(25)26)22-16(24)13(8-4-6-10-19)21-15(23)12(20)7-3-5-9-18/h11-14H,3-10,18-20H2,1-2H3,(H,21,23)(H,22,24)(H,25,26)/t12-,13-,14-/m0/s1. The Kier molecular flexibility index (Phi) is 12.6. The van der Waals surface area contributed by atoms with Crippen molar-refractivity contribution in [3.8, 4) is 0 Å². The molecule has 0 aliphatic rings. The van der Waals surface area contributed by atoms with Gasteiger partial charge in [0.1, 0.15) is 12.1 Å². The lowest BCUT2D eigenvalue weighted by atomic mass is 10.0. The molecule has 0 unspecified atom stereocenters. The maximum Gasteiger partial charge on any atom is 0.326 e. The molecule has 0 rings (SSSR count). The van der Waals surface area contributed by atoms with Crippen LogP contribution in [0.4, 0.5) is 0 Å². The summed E-state index contributed by atoms with van der Waals surface area (Å²) in [7, 11) is 0. The molecule has 0 aromatic carbocycles. The molecule has 9 N–H and O–H groups in total. The van der Waals surface area contributed by atoms with Crippen LogP contribution in [0.1, 0.15) is 52.4 Å². The highest BCUT2D eigenvalue weighted by Gasteiger charge is 2.29. The van der Waals surface area contributed by atoms with Gasteiger partial charge in [-0.05, 0) is 51.1 Å². The van der Waals surface area contributed by atoms with Crippen LogP contribution >= 0.6 is 0 Å². The Morgan fingerprint density at radius 3 is 1.88 bits per heavy atom. The van der Waals surface area contributed by atoms with Gasteiger partial charge in [0, 0.05) is 0 Å². The van der Waals surface area contributed by atoms with E-state index in [1.807, 2.05) is 0 Å².